The summed E-state index contributed by atoms with van der Waals surface area (Å²) in [6.07, 6.45) is 7.13. The van der Waals surface area contributed by atoms with E-state index in [9.17, 15) is 4.79 Å². The highest BCUT2D eigenvalue weighted by Gasteiger charge is 2.25. The van der Waals surface area contributed by atoms with Crippen molar-refractivity contribution in [1.82, 2.24) is 9.38 Å². The summed E-state index contributed by atoms with van der Waals surface area (Å²) in [6, 6.07) is 2.11. The van der Waals surface area contributed by atoms with Crippen LogP contribution in [0.2, 0.25) is 0 Å². The maximum Gasteiger partial charge on any atom is 0.303 e. The van der Waals surface area contributed by atoms with Gasteiger partial charge < -0.3 is 15.2 Å². The van der Waals surface area contributed by atoms with Crippen LogP contribution in [0, 0.1) is 0 Å². The predicted octanol–water partition coefficient (Wildman–Crippen LogP) is 1.69. The first-order valence-electron chi connectivity index (χ1n) is 6.59. The second-order valence-electron chi connectivity index (χ2n) is 5.13. The van der Waals surface area contributed by atoms with Gasteiger partial charge in [0.15, 0.2) is 0 Å². The fourth-order valence-electron chi connectivity index (χ4n) is 2.41. The van der Waals surface area contributed by atoms with Crippen molar-refractivity contribution in [2.45, 2.75) is 38.1 Å². The van der Waals surface area contributed by atoms with Crippen LogP contribution in [0.5, 0.6) is 0 Å². The third-order valence-electron chi connectivity index (χ3n) is 3.56. The first kappa shape index (κ1) is 12.2. The minimum Gasteiger partial charge on any atom is -0.481 e. The third-order valence-corrected chi connectivity index (χ3v) is 3.56. The maximum absolute atomic E-state index is 10.8. The van der Waals surface area contributed by atoms with E-state index in [0.29, 0.717) is 18.9 Å². The summed E-state index contributed by atoms with van der Waals surface area (Å²) in [5.74, 6) is -0.141. The van der Waals surface area contributed by atoms with Gasteiger partial charge in [0, 0.05) is 25.4 Å². The van der Waals surface area contributed by atoms with Crippen LogP contribution in [0.25, 0.3) is 5.65 Å². The second-order valence-corrected chi connectivity index (χ2v) is 5.13. The number of aryl methyl sites for hydroxylation is 1. The van der Waals surface area contributed by atoms with Gasteiger partial charge in [-0.25, -0.2) is 4.98 Å². The van der Waals surface area contributed by atoms with E-state index in [1.807, 2.05) is 10.6 Å². The van der Waals surface area contributed by atoms with Gasteiger partial charge in [-0.3, -0.25) is 4.79 Å². The van der Waals surface area contributed by atoms with Crippen LogP contribution < -0.4 is 5.73 Å². The zero-order valence-electron chi connectivity index (χ0n) is 10.7. The van der Waals surface area contributed by atoms with Gasteiger partial charge in [0.1, 0.15) is 5.65 Å². The summed E-state index contributed by atoms with van der Waals surface area (Å²) in [7, 11) is 0. The number of hydrogen-bond acceptors (Lipinski definition) is 3. The van der Waals surface area contributed by atoms with Crippen molar-refractivity contribution >= 4 is 11.6 Å². The van der Waals surface area contributed by atoms with Crippen molar-refractivity contribution < 1.29 is 9.90 Å². The molecule has 0 unspecified atom stereocenters. The number of fused-ring (bicyclic) bond motifs is 1. The molecule has 0 bridgehead atoms. The molecule has 0 radical (unpaired) electrons. The molecular formula is C14H17N3O2. The average Bonchev–Trinajstić information content (AvgIpc) is 3.15. The lowest BCUT2D eigenvalue weighted by atomic mass is 10.1. The largest absolute Gasteiger partial charge is 0.481 e. The number of carbonyl (C=O) groups is 1. The number of carboxylic acid groups (broad SMARTS) is 1. The van der Waals surface area contributed by atoms with Crippen molar-refractivity contribution in [3.8, 4) is 0 Å². The number of nitrogens with two attached hydrogens (primary N) is 1. The fourth-order valence-corrected chi connectivity index (χ4v) is 2.41. The molecule has 2 aromatic rings. The molecule has 1 aliphatic rings. The van der Waals surface area contributed by atoms with Crippen molar-refractivity contribution in [3.63, 3.8) is 0 Å². The quantitative estimate of drug-likeness (QED) is 0.856. The van der Waals surface area contributed by atoms with E-state index >= 15 is 0 Å². The molecule has 1 aliphatic carbocycles. The Bertz CT molecular complexity index is 629. The number of aromatic nitrogens is 2. The lowest BCUT2D eigenvalue weighted by molar-refractivity contribution is -0.136. The topological polar surface area (TPSA) is 80.6 Å². The lowest BCUT2D eigenvalue weighted by Gasteiger charge is -2.06. The molecule has 2 aromatic heterocycles. The highest BCUT2D eigenvalue weighted by atomic mass is 16.4. The Morgan fingerprint density at radius 3 is 2.89 bits per heavy atom. The molecule has 0 aliphatic heterocycles. The van der Waals surface area contributed by atoms with E-state index in [2.05, 4.69) is 17.2 Å². The number of pyridine rings is 1. The lowest BCUT2D eigenvalue weighted by Crippen LogP contribution is -2.01. The van der Waals surface area contributed by atoms with Gasteiger partial charge in [-0.2, -0.15) is 0 Å². The molecule has 2 heterocycles. The Morgan fingerprint density at radius 2 is 2.26 bits per heavy atom. The van der Waals surface area contributed by atoms with Gasteiger partial charge in [0.05, 0.1) is 5.69 Å². The number of nitrogens with zero attached hydrogens (tertiary/aromatic N) is 2. The molecule has 1 saturated carbocycles. The van der Waals surface area contributed by atoms with E-state index in [4.69, 9.17) is 10.8 Å². The van der Waals surface area contributed by atoms with Gasteiger partial charge in [-0.15, -0.1) is 0 Å². The van der Waals surface area contributed by atoms with Crippen LogP contribution in [-0.2, 0) is 17.8 Å². The van der Waals surface area contributed by atoms with E-state index in [-0.39, 0.29) is 6.42 Å². The standard InChI is InChI=1S/C14H17N3O2/c15-6-12-8-17-7-11(9-1-2-9)5-10(14(17)16-12)3-4-13(18)19/h5,7-9H,1-4,6,15H2,(H,18,19). The van der Waals surface area contributed by atoms with E-state index in [0.717, 1.165) is 16.9 Å². The highest BCUT2D eigenvalue weighted by molar-refractivity contribution is 5.67. The summed E-state index contributed by atoms with van der Waals surface area (Å²) in [6.45, 7) is 0.402. The summed E-state index contributed by atoms with van der Waals surface area (Å²) < 4.78 is 1.99. The maximum atomic E-state index is 10.8. The van der Waals surface area contributed by atoms with Crippen molar-refractivity contribution in [1.29, 1.82) is 0 Å². The number of hydrogen-bond donors (Lipinski definition) is 2. The predicted molar refractivity (Wildman–Crippen MR) is 71.0 cm³/mol. The molecule has 3 N–H and O–H groups in total. The summed E-state index contributed by atoms with van der Waals surface area (Å²) in [4.78, 5) is 15.2. The first-order chi connectivity index (χ1) is 9.17. The Hall–Kier alpha value is -1.88. The molecule has 3 rings (SSSR count). The Morgan fingerprint density at radius 1 is 1.47 bits per heavy atom. The molecule has 5 heteroatoms. The first-order valence-corrected chi connectivity index (χ1v) is 6.59. The molecule has 1 fully saturated rings. The number of rotatable bonds is 5. The van der Waals surface area contributed by atoms with E-state index in [1.54, 1.807) is 0 Å². The normalized spacial score (nSPS) is 15.0. The zero-order valence-corrected chi connectivity index (χ0v) is 10.7. The minimum atomic E-state index is -0.777. The summed E-state index contributed by atoms with van der Waals surface area (Å²) >= 11 is 0. The van der Waals surface area contributed by atoms with E-state index < -0.39 is 5.97 Å². The Kier molecular flexibility index (Phi) is 2.98. The third kappa shape index (κ3) is 2.46. The molecule has 5 nitrogen and oxygen atoms in total. The highest BCUT2D eigenvalue weighted by Crippen LogP contribution is 2.40. The number of aliphatic carboxylic acids is 1. The number of imidazole rings is 1. The van der Waals surface area contributed by atoms with E-state index in [1.165, 1.54) is 18.4 Å². The second kappa shape index (κ2) is 4.66. The minimum absolute atomic E-state index is 0.134. The smallest absolute Gasteiger partial charge is 0.303 e. The van der Waals surface area contributed by atoms with Crippen LogP contribution in [0.3, 0.4) is 0 Å². The SMILES string of the molecule is NCc1cn2cc(C3CC3)cc(CCC(=O)O)c2n1. The van der Waals surface area contributed by atoms with Crippen molar-refractivity contribution in [3.05, 3.63) is 35.3 Å². The Balaban J connectivity index is 2.04. The summed E-state index contributed by atoms with van der Waals surface area (Å²) in [5.41, 5.74) is 9.59. The van der Waals surface area contributed by atoms with Crippen LogP contribution in [0.1, 0.15) is 42.0 Å². The van der Waals surface area contributed by atoms with Gasteiger partial charge in [-0.05, 0) is 36.3 Å². The monoisotopic (exact) mass is 259 g/mol. The Labute approximate surface area is 111 Å². The van der Waals surface area contributed by atoms with Crippen LogP contribution in [0.4, 0.5) is 0 Å². The average molecular weight is 259 g/mol. The molecular weight excluding hydrogens is 242 g/mol. The van der Waals surface area contributed by atoms with Crippen molar-refractivity contribution in [2.24, 2.45) is 5.73 Å². The molecule has 0 amide bonds. The van der Waals surface area contributed by atoms with Crippen LogP contribution >= 0.6 is 0 Å². The fraction of sp³-hybridized carbons (Fsp3) is 0.429. The van der Waals surface area contributed by atoms with Gasteiger partial charge in [0.2, 0.25) is 0 Å². The molecule has 0 atom stereocenters. The molecule has 0 saturated heterocycles. The van der Waals surface area contributed by atoms with Crippen LogP contribution in [0.15, 0.2) is 18.5 Å². The van der Waals surface area contributed by atoms with Crippen LogP contribution in [-0.4, -0.2) is 20.5 Å². The molecule has 0 spiro atoms. The zero-order chi connectivity index (χ0) is 13.4. The van der Waals surface area contributed by atoms with Gasteiger partial charge >= 0.3 is 5.97 Å². The van der Waals surface area contributed by atoms with Gasteiger partial charge in [0.25, 0.3) is 0 Å². The van der Waals surface area contributed by atoms with Gasteiger partial charge in [-0.1, -0.05) is 6.07 Å². The molecule has 0 aromatic carbocycles. The molecule has 19 heavy (non-hydrogen) atoms. The molecule has 100 valence electrons. The summed E-state index contributed by atoms with van der Waals surface area (Å²) in [5, 5.41) is 8.84. The van der Waals surface area contributed by atoms with Crippen molar-refractivity contribution in [2.75, 3.05) is 0 Å². The number of carboxylic acids is 1.